The van der Waals surface area contributed by atoms with Crippen molar-refractivity contribution in [1.82, 2.24) is 20.3 Å². The average Bonchev–Trinajstić information content (AvgIpc) is 2.84. The smallest absolute Gasteiger partial charge is 0.232 e. The van der Waals surface area contributed by atoms with Crippen LogP contribution in [-0.4, -0.2) is 48.3 Å². The number of sulfonamides is 1. The second-order valence-electron chi connectivity index (χ2n) is 8.07. The molecule has 0 amide bonds. The predicted molar refractivity (Wildman–Crippen MR) is 141 cm³/mol. The summed E-state index contributed by atoms with van der Waals surface area (Å²) in [5, 5.41) is 6.63. The summed E-state index contributed by atoms with van der Waals surface area (Å²) in [6.07, 6.45) is 5.58. The highest BCUT2D eigenvalue weighted by molar-refractivity contribution is 7.92. The van der Waals surface area contributed by atoms with Crippen molar-refractivity contribution in [3.63, 3.8) is 0 Å². The molecule has 0 radical (unpaired) electrons. The number of aromatic nitrogens is 3. The van der Waals surface area contributed by atoms with Crippen LogP contribution in [0.4, 0.5) is 16.0 Å². The summed E-state index contributed by atoms with van der Waals surface area (Å²) in [7, 11) is -3.71. The van der Waals surface area contributed by atoms with Gasteiger partial charge in [-0.2, -0.15) is 0 Å². The highest BCUT2D eigenvalue weighted by Crippen LogP contribution is 2.38. The third kappa shape index (κ3) is 6.94. The van der Waals surface area contributed by atoms with Crippen LogP contribution >= 0.6 is 24.0 Å². The molecule has 3 aromatic rings. The zero-order valence-electron chi connectivity index (χ0n) is 19.5. The number of nitrogens with one attached hydrogen (secondary N) is 3. The lowest BCUT2D eigenvalue weighted by molar-refractivity contribution is 0.430. The molecule has 1 aromatic carbocycles. The standard InChI is InChI=1S/C23H26ClFN6O3S.ClH/c1-2-13-35(32,33)31-19-8-7-17(24)21(20(19)25)34-22-16(6-4-11-27-22)18-9-12-28-23(30-18)29-15-5-3-10-26-14-15;/h4,6-9,11-12,15,26,31H,2-3,5,10,13-14H2,1H3,(H,28,29,30);1H/t15-;/m0./s1. The minimum absolute atomic E-state index is 0. The van der Waals surface area contributed by atoms with E-state index in [0.29, 0.717) is 23.6 Å². The summed E-state index contributed by atoms with van der Waals surface area (Å²) in [6, 6.07) is 7.96. The van der Waals surface area contributed by atoms with Gasteiger partial charge in [-0.15, -0.1) is 12.4 Å². The lowest BCUT2D eigenvalue weighted by atomic mass is 10.1. The zero-order valence-corrected chi connectivity index (χ0v) is 21.9. The van der Waals surface area contributed by atoms with E-state index < -0.39 is 15.8 Å². The molecule has 1 aliphatic heterocycles. The molecule has 0 bridgehead atoms. The number of hydrogen-bond donors (Lipinski definition) is 3. The Morgan fingerprint density at radius 2 is 2.06 bits per heavy atom. The van der Waals surface area contributed by atoms with Gasteiger partial charge in [0.1, 0.15) is 0 Å². The first-order valence-corrected chi connectivity index (χ1v) is 13.3. The van der Waals surface area contributed by atoms with Gasteiger partial charge in [-0.3, -0.25) is 4.72 Å². The Morgan fingerprint density at radius 3 is 2.81 bits per heavy atom. The maximum atomic E-state index is 15.2. The summed E-state index contributed by atoms with van der Waals surface area (Å²) in [6.45, 7) is 3.54. The summed E-state index contributed by atoms with van der Waals surface area (Å²) in [5.74, 6) is -0.905. The first kappa shape index (κ1) is 27.9. The largest absolute Gasteiger partial charge is 0.434 e. The first-order valence-electron chi connectivity index (χ1n) is 11.3. The van der Waals surface area contributed by atoms with Crippen molar-refractivity contribution in [1.29, 1.82) is 0 Å². The van der Waals surface area contributed by atoms with Gasteiger partial charge >= 0.3 is 0 Å². The molecule has 13 heteroatoms. The second-order valence-corrected chi connectivity index (χ2v) is 10.3. The molecule has 9 nitrogen and oxygen atoms in total. The molecule has 1 fully saturated rings. The topological polar surface area (TPSA) is 118 Å². The van der Waals surface area contributed by atoms with Crippen molar-refractivity contribution in [2.45, 2.75) is 32.2 Å². The molecule has 0 unspecified atom stereocenters. The minimum atomic E-state index is -3.71. The molecule has 1 saturated heterocycles. The fourth-order valence-corrected chi connectivity index (χ4v) is 5.01. The number of rotatable bonds is 9. The molecule has 2 aromatic heterocycles. The molecule has 1 atom stereocenters. The van der Waals surface area contributed by atoms with E-state index in [-0.39, 0.29) is 46.5 Å². The number of hydrogen-bond acceptors (Lipinski definition) is 8. The Morgan fingerprint density at radius 1 is 1.22 bits per heavy atom. The molecule has 3 N–H and O–H groups in total. The number of piperidine rings is 1. The minimum Gasteiger partial charge on any atom is -0.434 e. The van der Waals surface area contributed by atoms with Crippen LogP contribution in [0, 0.1) is 5.82 Å². The second kappa shape index (κ2) is 12.5. The van der Waals surface area contributed by atoms with Crippen LogP contribution in [0.3, 0.4) is 0 Å². The SMILES string of the molecule is CCCS(=O)(=O)Nc1ccc(Cl)c(Oc2ncccc2-c2ccnc(N[C@H]3CCCNC3)n2)c1F.Cl. The summed E-state index contributed by atoms with van der Waals surface area (Å²) in [4.78, 5) is 13.1. The van der Waals surface area contributed by atoms with Gasteiger partial charge in [-0.1, -0.05) is 18.5 Å². The lowest BCUT2D eigenvalue weighted by Gasteiger charge is -2.23. The Balaban J connectivity index is 0.00000361. The zero-order chi connectivity index (χ0) is 24.8. The van der Waals surface area contributed by atoms with E-state index in [1.54, 1.807) is 31.3 Å². The van der Waals surface area contributed by atoms with E-state index in [1.807, 2.05) is 0 Å². The van der Waals surface area contributed by atoms with Crippen LogP contribution in [0.25, 0.3) is 11.3 Å². The van der Waals surface area contributed by atoms with E-state index in [4.69, 9.17) is 16.3 Å². The molecule has 194 valence electrons. The summed E-state index contributed by atoms with van der Waals surface area (Å²) < 4.78 is 47.5. The average molecular weight is 557 g/mol. The maximum Gasteiger partial charge on any atom is 0.232 e. The molecule has 3 heterocycles. The van der Waals surface area contributed by atoms with Crippen LogP contribution in [0.2, 0.25) is 5.02 Å². The van der Waals surface area contributed by atoms with Crippen molar-refractivity contribution in [3.05, 3.63) is 53.6 Å². The third-order valence-corrected chi connectivity index (χ3v) is 7.09. The predicted octanol–water partition coefficient (Wildman–Crippen LogP) is 4.86. The number of benzene rings is 1. The number of anilines is 2. The van der Waals surface area contributed by atoms with Crippen LogP contribution < -0.4 is 20.1 Å². The van der Waals surface area contributed by atoms with Crippen molar-refractivity contribution >= 4 is 45.7 Å². The monoisotopic (exact) mass is 556 g/mol. The maximum absolute atomic E-state index is 15.2. The van der Waals surface area contributed by atoms with Crippen LogP contribution in [0.15, 0.2) is 42.7 Å². The van der Waals surface area contributed by atoms with Crippen molar-refractivity contribution in [2.24, 2.45) is 0 Å². The number of nitrogens with zero attached hydrogens (tertiary/aromatic N) is 3. The number of pyridine rings is 1. The fourth-order valence-electron chi connectivity index (χ4n) is 3.69. The van der Waals surface area contributed by atoms with Crippen molar-refractivity contribution < 1.29 is 17.5 Å². The number of ether oxygens (including phenoxy) is 1. The highest BCUT2D eigenvalue weighted by Gasteiger charge is 2.21. The van der Waals surface area contributed by atoms with E-state index in [0.717, 1.165) is 25.9 Å². The number of halogens is 3. The first-order chi connectivity index (χ1) is 16.9. The van der Waals surface area contributed by atoms with Gasteiger partial charge in [0.25, 0.3) is 0 Å². The summed E-state index contributed by atoms with van der Waals surface area (Å²) in [5.41, 5.74) is 0.753. The van der Waals surface area contributed by atoms with Gasteiger partial charge in [0.15, 0.2) is 11.6 Å². The van der Waals surface area contributed by atoms with Gasteiger partial charge in [0, 0.05) is 25.0 Å². The van der Waals surface area contributed by atoms with Crippen molar-refractivity contribution in [3.8, 4) is 22.9 Å². The van der Waals surface area contributed by atoms with Gasteiger partial charge in [-0.25, -0.2) is 27.8 Å². The van der Waals surface area contributed by atoms with E-state index >= 15 is 4.39 Å². The van der Waals surface area contributed by atoms with E-state index in [1.165, 1.54) is 18.3 Å². The molecule has 0 aliphatic carbocycles. The van der Waals surface area contributed by atoms with E-state index in [9.17, 15) is 8.42 Å². The highest BCUT2D eigenvalue weighted by atomic mass is 35.5. The normalized spacial score (nSPS) is 15.6. The molecule has 1 aliphatic rings. The van der Waals surface area contributed by atoms with Crippen LogP contribution in [0.5, 0.6) is 11.6 Å². The Kier molecular flexibility index (Phi) is 9.66. The fraction of sp³-hybridized carbons (Fsp3) is 0.348. The van der Waals surface area contributed by atoms with E-state index in [2.05, 4.69) is 30.3 Å². The molecule has 0 saturated carbocycles. The van der Waals surface area contributed by atoms with Crippen molar-refractivity contribution in [2.75, 3.05) is 28.9 Å². The van der Waals surface area contributed by atoms with Crippen LogP contribution in [0.1, 0.15) is 26.2 Å². The van der Waals surface area contributed by atoms with Gasteiger partial charge in [0.2, 0.25) is 21.9 Å². The Bertz CT molecular complexity index is 1290. The Hall–Kier alpha value is -2.73. The third-order valence-electron chi connectivity index (χ3n) is 5.32. The van der Waals surface area contributed by atoms with Crippen LogP contribution in [-0.2, 0) is 10.0 Å². The molecule has 4 rings (SSSR count). The van der Waals surface area contributed by atoms with Gasteiger partial charge < -0.3 is 15.4 Å². The molecular formula is C23H27Cl2FN6O3S. The quantitative estimate of drug-likeness (QED) is 0.342. The molecule has 0 spiro atoms. The van der Waals surface area contributed by atoms with Gasteiger partial charge in [-0.05, 0) is 56.1 Å². The molecule has 36 heavy (non-hydrogen) atoms. The Labute approximate surface area is 220 Å². The van der Waals surface area contributed by atoms with Gasteiger partial charge in [0.05, 0.1) is 27.7 Å². The summed E-state index contributed by atoms with van der Waals surface area (Å²) >= 11 is 6.20. The molecular weight excluding hydrogens is 530 g/mol. The lowest BCUT2D eigenvalue weighted by Crippen LogP contribution is -2.38.